The molecule has 1 aliphatic rings. The predicted octanol–water partition coefficient (Wildman–Crippen LogP) is 3.29. The van der Waals surface area contributed by atoms with Gasteiger partial charge >= 0.3 is 12.0 Å². The van der Waals surface area contributed by atoms with E-state index < -0.39 is 5.97 Å². The van der Waals surface area contributed by atoms with Crippen molar-refractivity contribution in [1.82, 2.24) is 10.6 Å². The number of carboxylic acid groups (broad SMARTS) is 1. The van der Waals surface area contributed by atoms with Crippen molar-refractivity contribution >= 4 is 12.0 Å². The second-order valence-corrected chi connectivity index (χ2v) is 7.78. The first kappa shape index (κ1) is 17.8. The van der Waals surface area contributed by atoms with Crippen molar-refractivity contribution in [1.29, 1.82) is 0 Å². The fourth-order valence-corrected chi connectivity index (χ4v) is 3.08. The molecule has 0 saturated heterocycles. The minimum atomic E-state index is -0.881. The van der Waals surface area contributed by atoms with Crippen LogP contribution >= 0.6 is 0 Å². The molecule has 0 aromatic rings. The van der Waals surface area contributed by atoms with E-state index in [-0.39, 0.29) is 29.4 Å². The van der Waals surface area contributed by atoms with Crippen LogP contribution in [0.3, 0.4) is 0 Å². The summed E-state index contributed by atoms with van der Waals surface area (Å²) in [7, 11) is 0. The number of nitrogens with one attached hydrogen (secondary N) is 2. The molecular weight excluding hydrogens is 268 g/mol. The lowest BCUT2D eigenvalue weighted by Gasteiger charge is -2.35. The normalized spacial score (nSPS) is 19.6. The molecule has 1 fully saturated rings. The highest BCUT2D eigenvalue weighted by molar-refractivity contribution is 5.76. The van der Waals surface area contributed by atoms with Crippen molar-refractivity contribution in [2.45, 2.75) is 84.2 Å². The zero-order chi connectivity index (χ0) is 16.1. The van der Waals surface area contributed by atoms with E-state index in [0.717, 1.165) is 25.7 Å². The topological polar surface area (TPSA) is 78.4 Å². The summed E-state index contributed by atoms with van der Waals surface area (Å²) < 4.78 is 0. The predicted molar refractivity (Wildman–Crippen MR) is 83.3 cm³/mol. The summed E-state index contributed by atoms with van der Waals surface area (Å²) in [6.07, 6.45) is 6.08. The van der Waals surface area contributed by atoms with Gasteiger partial charge in [-0.2, -0.15) is 0 Å². The van der Waals surface area contributed by atoms with E-state index in [4.69, 9.17) is 5.11 Å². The SMILES string of the molecule is CC(C)(C)CC(CC(=O)O)NC(=O)NC1(C)CCCCC1. The maximum Gasteiger partial charge on any atom is 0.315 e. The number of hydrogen-bond donors (Lipinski definition) is 3. The molecule has 0 spiro atoms. The van der Waals surface area contributed by atoms with Crippen LogP contribution in [-0.4, -0.2) is 28.7 Å². The summed E-state index contributed by atoms with van der Waals surface area (Å²) >= 11 is 0. The van der Waals surface area contributed by atoms with Gasteiger partial charge in [-0.15, -0.1) is 0 Å². The molecule has 1 unspecified atom stereocenters. The molecule has 1 saturated carbocycles. The van der Waals surface area contributed by atoms with Crippen molar-refractivity contribution in [3.05, 3.63) is 0 Å². The first-order valence-electron chi connectivity index (χ1n) is 7.90. The zero-order valence-corrected chi connectivity index (χ0v) is 13.8. The summed E-state index contributed by atoms with van der Waals surface area (Å²) in [6.45, 7) is 8.21. The van der Waals surface area contributed by atoms with Crippen molar-refractivity contribution in [2.75, 3.05) is 0 Å². The van der Waals surface area contributed by atoms with E-state index in [1.54, 1.807) is 0 Å². The van der Waals surface area contributed by atoms with Crippen LogP contribution in [0.1, 0.15) is 72.6 Å². The van der Waals surface area contributed by atoms with Crippen LogP contribution in [0, 0.1) is 5.41 Å². The lowest BCUT2D eigenvalue weighted by molar-refractivity contribution is -0.137. The second-order valence-electron chi connectivity index (χ2n) is 7.78. The van der Waals surface area contributed by atoms with Gasteiger partial charge < -0.3 is 15.7 Å². The molecule has 1 atom stereocenters. The molecule has 0 aliphatic heterocycles. The molecule has 0 bridgehead atoms. The number of amides is 2. The van der Waals surface area contributed by atoms with Gasteiger partial charge in [0, 0.05) is 11.6 Å². The highest BCUT2D eigenvalue weighted by atomic mass is 16.4. The molecule has 0 aromatic heterocycles. The van der Waals surface area contributed by atoms with Crippen molar-refractivity contribution in [3.63, 3.8) is 0 Å². The first-order valence-corrected chi connectivity index (χ1v) is 7.90. The molecule has 0 heterocycles. The third kappa shape index (κ3) is 7.34. The van der Waals surface area contributed by atoms with E-state index in [9.17, 15) is 9.59 Å². The van der Waals surface area contributed by atoms with Crippen LogP contribution < -0.4 is 10.6 Å². The van der Waals surface area contributed by atoms with E-state index in [0.29, 0.717) is 6.42 Å². The summed E-state index contributed by atoms with van der Waals surface area (Å²) in [5.74, 6) is -0.881. The number of rotatable bonds is 5. The number of hydrogen-bond acceptors (Lipinski definition) is 2. The van der Waals surface area contributed by atoms with Gasteiger partial charge in [0.25, 0.3) is 0 Å². The number of carbonyl (C=O) groups excluding carboxylic acids is 1. The van der Waals surface area contributed by atoms with Gasteiger partial charge in [0.2, 0.25) is 0 Å². The molecule has 0 aromatic carbocycles. The third-order valence-electron chi connectivity index (χ3n) is 3.99. The average Bonchev–Trinajstić information content (AvgIpc) is 2.24. The minimum Gasteiger partial charge on any atom is -0.481 e. The van der Waals surface area contributed by atoms with Gasteiger partial charge in [0.05, 0.1) is 6.42 Å². The van der Waals surface area contributed by atoms with Crippen LogP contribution in [0.15, 0.2) is 0 Å². The Bertz CT molecular complexity index is 368. The van der Waals surface area contributed by atoms with Crippen LogP contribution in [-0.2, 0) is 4.79 Å². The average molecular weight is 298 g/mol. The maximum atomic E-state index is 12.2. The minimum absolute atomic E-state index is 0.0257. The van der Waals surface area contributed by atoms with Crippen molar-refractivity contribution < 1.29 is 14.7 Å². The Morgan fingerprint density at radius 2 is 1.76 bits per heavy atom. The monoisotopic (exact) mass is 298 g/mol. The molecule has 21 heavy (non-hydrogen) atoms. The molecule has 1 aliphatic carbocycles. The Kier molecular flexibility index (Phi) is 6.05. The van der Waals surface area contributed by atoms with E-state index in [2.05, 4.69) is 17.6 Å². The van der Waals surface area contributed by atoms with Gasteiger partial charge in [-0.3, -0.25) is 4.79 Å². The Balaban J connectivity index is 2.56. The molecule has 0 radical (unpaired) electrons. The molecule has 1 rings (SSSR count). The molecule has 2 amide bonds. The molecule has 5 heteroatoms. The Hall–Kier alpha value is -1.26. The Morgan fingerprint density at radius 3 is 2.24 bits per heavy atom. The van der Waals surface area contributed by atoms with E-state index in [1.165, 1.54) is 6.42 Å². The molecule has 5 nitrogen and oxygen atoms in total. The lowest BCUT2D eigenvalue weighted by atomic mass is 9.83. The van der Waals surface area contributed by atoms with Crippen molar-refractivity contribution in [2.24, 2.45) is 5.41 Å². The van der Waals surface area contributed by atoms with E-state index >= 15 is 0 Å². The number of urea groups is 1. The van der Waals surface area contributed by atoms with Gasteiger partial charge in [-0.05, 0) is 31.6 Å². The van der Waals surface area contributed by atoms with Gasteiger partial charge in [0.15, 0.2) is 0 Å². The third-order valence-corrected chi connectivity index (χ3v) is 3.99. The lowest BCUT2D eigenvalue weighted by Crippen LogP contribution is -2.53. The maximum absolute atomic E-state index is 12.2. The van der Waals surface area contributed by atoms with Gasteiger partial charge in [-0.1, -0.05) is 40.0 Å². The summed E-state index contributed by atoms with van der Waals surface area (Å²) in [4.78, 5) is 23.1. The van der Waals surface area contributed by atoms with Crippen LogP contribution in [0.2, 0.25) is 0 Å². The highest BCUT2D eigenvalue weighted by Crippen LogP contribution is 2.27. The molecular formula is C16H30N2O3. The van der Waals surface area contributed by atoms with Crippen LogP contribution in [0.25, 0.3) is 0 Å². The summed E-state index contributed by atoms with van der Waals surface area (Å²) in [6, 6.07) is -0.579. The Morgan fingerprint density at radius 1 is 1.19 bits per heavy atom. The molecule has 3 N–H and O–H groups in total. The quantitative estimate of drug-likeness (QED) is 0.728. The van der Waals surface area contributed by atoms with Crippen molar-refractivity contribution in [3.8, 4) is 0 Å². The van der Waals surface area contributed by atoms with Crippen LogP contribution in [0.5, 0.6) is 0 Å². The fourth-order valence-electron chi connectivity index (χ4n) is 3.08. The number of aliphatic carboxylic acids is 1. The second kappa shape index (κ2) is 7.14. The van der Waals surface area contributed by atoms with E-state index in [1.807, 2.05) is 20.8 Å². The standard InChI is InChI=1S/C16H30N2O3/c1-15(2,3)11-12(10-13(19)20)17-14(21)18-16(4)8-6-5-7-9-16/h12H,5-11H2,1-4H3,(H,19,20)(H2,17,18,21). The summed E-state index contributed by atoms with van der Waals surface area (Å²) in [5, 5.41) is 14.9. The number of carboxylic acids is 1. The summed E-state index contributed by atoms with van der Waals surface area (Å²) in [5.41, 5.74) is -0.181. The fraction of sp³-hybridized carbons (Fsp3) is 0.875. The molecule has 122 valence electrons. The largest absolute Gasteiger partial charge is 0.481 e. The van der Waals surface area contributed by atoms with Gasteiger partial charge in [0.1, 0.15) is 0 Å². The number of carbonyl (C=O) groups is 2. The Labute approximate surface area is 127 Å². The van der Waals surface area contributed by atoms with Crippen LogP contribution in [0.4, 0.5) is 4.79 Å². The smallest absolute Gasteiger partial charge is 0.315 e. The first-order chi connectivity index (χ1) is 9.60. The van der Waals surface area contributed by atoms with Gasteiger partial charge in [-0.25, -0.2) is 4.79 Å². The zero-order valence-electron chi connectivity index (χ0n) is 13.8. The highest BCUT2D eigenvalue weighted by Gasteiger charge is 2.30.